The topological polar surface area (TPSA) is 30.2 Å². The van der Waals surface area contributed by atoms with Crippen molar-refractivity contribution < 1.29 is 58.2 Å². The van der Waals surface area contributed by atoms with Crippen LogP contribution in [0.5, 0.6) is 0 Å². The third-order valence-electron chi connectivity index (χ3n) is 1.99. The summed E-state index contributed by atoms with van der Waals surface area (Å²) in [7, 11) is 0. The first-order valence-corrected chi connectivity index (χ1v) is 5.31. The van der Waals surface area contributed by atoms with E-state index in [0.29, 0.717) is 0 Å². The van der Waals surface area contributed by atoms with Crippen LogP contribution in [0.25, 0.3) is 5.52 Å². The zero-order valence-electron chi connectivity index (χ0n) is 11.1. The summed E-state index contributed by atoms with van der Waals surface area (Å²) in [5.74, 6) is 0. The van der Waals surface area contributed by atoms with Gasteiger partial charge in [-0.2, -0.15) is 10.7 Å². The molecule has 0 saturated heterocycles. The van der Waals surface area contributed by atoms with Crippen LogP contribution in [-0.2, 0) is 5.41 Å². The maximum Gasteiger partial charge on any atom is 1.00 e. The molecule has 2 rings (SSSR count). The molecule has 0 unspecified atom stereocenters. The number of aromatic nitrogens is 3. The Hall–Kier alpha value is 0.425. The average Bonchev–Trinajstić information content (AvgIpc) is 2.63. The Bertz CT molecular complexity index is 429. The van der Waals surface area contributed by atoms with Crippen molar-refractivity contribution in [2.45, 2.75) is 40.0 Å². The first-order chi connectivity index (χ1) is 7.09. The number of rotatable bonds is 0. The van der Waals surface area contributed by atoms with E-state index in [1.54, 1.807) is 10.8 Å². The summed E-state index contributed by atoms with van der Waals surface area (Å²) < 4.78 is 1.61. The molecule has 3 nitrogen and oxygen atoms in total. The summed E-state index contributed by atoms with van der Waals surface area (Å²) in [6.45, 7) is 10.4. The van der Waals surface area contributed by atoms with Crippen molar-refractivity contribution in [3.8, 4) is 0 Å². The van der Waals surface area contributed by atoms with Gasteiger partial charge in [-0.1, -0.05) is 46.2 Å². The summed E-state index contributed by atoms with van der Waals surface area (Å²) in [5.41, 5.74) is 2.22. The van der Waals surface area contributed by atoms with Gasteiger partial charge in [-0.15, -0.1) is 12.3 Å². The second-order valence-corrected chi connectivity index (χ2v) is 4.14. The van der Waals surface area contributed by atoms with Gasteiger partial charge in [0.25, 0.3) is 0 Å². The Morgan fingerprint density at radius 2 is 1.88 bits per heavy atom. The summed E-state index contributed by atoms with van der Waals surface area (Å²) in [5, 5.41) is 8.16. The summed E-state index contributed by atoms with van der Waals surface area (Å²) in [4.78, 5) is 0. The fraction of sp³-hybridized carbons (Fsp3) is 0.500. The molecule has 0 aliphatic rings. The zero-order chi connectivity index (χ0) is 11.5. The van der Waals surface area contributed by atoms with Crippen molar-refractivity contribution in [3.63, 3.8) is 0 Å². The minimum atomic E-state index is 0. The summed E-state index contributed by atoms with van der Waals surface area (Å²) in [6, 6.07) is 3.93. The molecule has 4 heteroatoms. The molecule has 2 heterocycles. The maximum absolute atomic E-state index is 4.09. The predicted octanol–water partition coefficient (Wildman–Crippen LogP) is -0.143. The Labute approximate surface area is 146 Å². The number of hydrogen-bond donors (Lipinski definition) is 0. The molecule has 0 spiro atoms. The van der Waals surface area contributed by atoms with Gasteiger partial charge >= 0.3 is 58.2 Å². The van der Waals surface area contributed by atoms with E-state index in [-0.39, 0.29) is 63.6 Å². The van der Waals surface area contributed by atoms with Crippen LogP contribution in [0, 0.1) is 6.20 Å². The molecule has 0 amide bonds. The molecule has 0 saturated carbocycles. The molecule has 82 valence electrons. The van der Waals surface area contributed by atoms with Gasteiger partial charge in [0.05, 0.1) is 0 Å². The molecule has 0 aromatic carbocycles. The molecule has 0 aliphatic heterocycles. The zero-order valence-corrected chi connectivity index (χ0v) is 16.0. The van der Waals surface area contributed by atoms with E-state index < -0.39 is 0 Å². The molecule has 0 N–H and O–H groups in total. The van der Waals surface area contributed by atoms with E-state index in [1.807, 2.05) is 26.0 Å². The molecule has 2 aromatic rings. The fourth-order valence-electron chi connectivity index (χ4n) is 1.33. The minimum absolute atomic E-state index is 0. The normalized spacial score (nSPS) is 10.3. The molecule has 2 aromatic heterocycles. The van der Waals surface area contributed by atoms with E-state index in [9.17, 15) is 0 Å². The number of hydrogen-bond acceptors (Lipinski definition) is 2. The van der Waals surface area contributed by atoms with Crippen molar-refractivity contribution in [2.75, 3.05) is 0 Å². The SMILES string of the molecule is CC.CC(C)(C)c1[c-]nn2ncccc12.[Rb+]. The minimum Gasteiger partial charge on any atom is -0.283 e. The number of fused-ring (bicyclic) bond motifs is 1. The molecule has 0 aliphatic carbocycles. The van der Waals surface area contributed by atoms with Gasteiger partial charge in [0.1, 0.15) is 0 Å². The van der Waals surface area contributed by atoms with Crippen LogP contribution in [-0.4, -0.2) is 14.8 Å². The third-order valence-corrected chi connectivity index (χ3v) is 1.99. The van der Waals surface area contributed by atoms with E-state index in [1.165, 1.54) is 0 Å². The van der Waals surface area contributed by atoms with E-state index in [0.717, 1.165) is 11.1 Å². The number of nitrogens with zero attached hydrogens (tertiary/aromatic N) is 3. The first-order valence-electron chi connectivity index (χ1n) is 5.31. The van der Waals surface area contributed by atoms with Crippen LogP contribution in [0.4, 0.5) is 0 Å². The van der Waals surface area contributed by atoms with Gasteiger partial charge in [0.15, 0.2) is 0 Å². The quantitative estimate of drug-likeness (QED) is 0.632. The predicted molar refractivity (Wildman–Crippen MR) is 61.9 cm³/mol. The molecule has 0 atom stereocenters. The Kier molecular flexibility index (Phi) is 7.18. The molecule has 0 fully saturated rings. The van der Waals surface area contributed by atoms with Gasteiger partial charge in [-0.25, -0.2) is 0 Å². The van der Waals surface area contributed by atoms with Gasteiger partial charge in [-0.05, 0) is 5.41 Å². The smallest absolute Gasteiger partial charge is 0.283 e. The monoisotopic (exact) mass is 289 g/mol. The molecular weight excluding hydrogens is 272 g/mol. The van der Waals surface area contributed by atoms with E-state index in [4.69, 9.17) is 0 Å². The van der Waals surface area contributed by atoms with Crippen LogP contribution in [0.15, 0.2) is 18.3 Å². The van der Waals surface area contributed by atoms with Crippen molar-refractivity contribution in [3.05, 3.63) is 30.1 Å². The van der Waals surface area contributed by atoms with Crippen molar-refractivity contribution in [1.82, 2.24) is 14.8 Å². The van der Waals surface area contributed by atoms with Crippen LogP contribution in [0.1, 0.15) is 40.2 Å². The average molecular weight is 290 g/mol. The van der Waals surface area contributed by atoms with Crippen LogP contribution >= 0.6 is 0 Å². The Morgan fingerprint density at radius 3 is 2.44 bits per heavy atom. The second-order valence-electron chi connectivity index (χ2n) is 4.14. The van der Waals surface area contributed by atoms with E-state index >= 15 is 0 Å². The van der Waals surface area contributed by atoms with Gasteiger partial charge in [0, 0.05) is 6.20 Å². The van der Waals surface area contributed by atoms with Gasteiger partial charge < -0.3 is 0 Å². The second kappa shape index (κ2) is 6.99. The van der Waals surface area contributed by atoms with E-state index in [2.05, 4.69) is 37.2 Å². The molecule has 0 radical (unpaired) electrons. The van der Waals surface area contributed by atoms with Gasteiger partial charge in [-0.3, -0.25) is 9.73 Å². The molecular formula is C12H18N3Rb. The van der Waals surface area contributed by atoms with Crippen molar-refractivity contribution in [1.29, 1.82) is 0 Å². The van der Waals surface area contributed by atoms with Crippen molar-refractivity contribution in [2.24, 2.45) is 0 Å². The van der Waals surface area contributed by atoms with Gasteiger partial charge in [0.2, 0.25) is 0 Å². The van der Waals surface area contributed by atoms with Crippen LogP contribution in [0.2, 0.25) is 0 Å². The summed E-state index contributed by atoms with van der Waals surface area (Å²) in [6.07, 6.45) is 4.73. The molecule has 0 bridgehead atoms. The largest absolute Gasteiger partial charge is 1.00 e. The Balaban J connectivity index is 0.000000711. The van der Waals surface area contributed by atoms with Crippen LogP contribution in [0.3, 0.4) is 0 Å². The fourth-order valence-corrected chi connectivity index (χ4v) is 1.33. The molecule has 16 heavy (non-hydrogen) atoms. The first kappa shape index (κ1) is 16.4. The Morgan fingerprint density at radius 1 is 1.25 bits per heavy atom. The van der Waals surface area contributed by atoms with Crippen LogP contribution < -0.4 is 58.2 Å². The standard InChI is InChI=1S/C10H12N3.C2H6.Rb/c1-10(2,3)8-7-12-13-9(8)5-4-6-11-13;1-2;/h4-6H,1-3H3;1-2H3;/q-1;;+1. The van der Waals surface area contributed by atoms with Crippen molar-refractivity contribution >= 4 is 5.52 Å². The summed E-state index contributed by atoms with van der Waals surface area (Å²) >= 11 is 0. The maximum atomic E-state index is 4.09. The third kappa shape index (κ3) is 3.72.